The maximum atomic E-state index is 12.6. The smallest absolute Gasteiger partial charge is 0.207 e. The molecule has 1 aliphatic carbocycles. The highest BCUT2D eigenvalue weighted by Gasteiger charge is 2.39. The molecular weight excluding hydrogens is 372 g/mol. The largest absolute Gasteiger partial charge is 0.243 e. The number of nitriles is 1. The number of sulfonamides is 1. The van der Waals surface area contributed by atoms with Crippen LogP contribution in [0, 0.1) is 24.2 Å². The van der Waals surface area contributed by atoms with E-state index in [1.807, 2.05) is 0 Å². The van der Waals surface area contributed by atoms with Crippen LogP contribution in [0.25, 0.3) is 0 Å². The minimum Gasteiger partial charge on any atom is -0.207 e. The highest BCUT2D eigenvalue weighted by atomic mass is 79.9. The van der Waals surface area contributed by atoms with E-state index in [0.29, 0.717) is 18.8 Å². The third kappa shape index (κ3) is 3.67. The van der Waals surface area contributed by atoms with E-state index in [2.05, 4.69) is 33.6 Å². The van der Waals surface area contributed by atoms with Crippen LogP contribution >= 0.6 is 27.3 Å². The molecule has 0 aliphatic heterocycles. The Morgan fingerprint density at radius 3 is 2.57 bits per heavy atom. The van der Waals surface area contributed by atoms with Gasteiger partial charge in [0.2, 0.25) is 10.0 Å². The van der Waals surface area contributed by atoms with Crippen molar-refractivity contribution in [2.75, 3.05) is 0 Å². The SMILES string of the molecule is CCC1CCC(C#N)(NS(=O)(=O)c2cc(Br)sc2C)CC1. The van der Waals surface area contributed by atoms with Gasteiger partial charge in [-0.2, -0.15) is 9.98 Å². The van der Waals surface area contributed by atoms with E-state index < -0.39 is 15.6 Å². The van der Waals surface area contributed by atoms with Crippen molar-refractivity contribution >= 4 is 37.3 Å². The van der Waals surface area contributed by atoms with Gasteiger partial charge in [0.15, 0.2) is 0 Å². The minimum absolute atomic E-state index is 0.270. The van der Waals surface area contributed by atoms with Crippen LogP contribution in [0.15, 0.2) is 14.7 Å². The van der Waals surface area contributed by atoms with Gasteiger partial charge >= 0.3 is 0 Å². The Balaban J connectivity index is 2.23. The second-order valence-electron chi connectivity index (χ2n) is 5.62. The Labute approximate surface area is 138 Å². The van der Waals surface area contributed by atoms with E-state index in [0.717, 1.165) is 27.9 Å². The lowest BCUT2D eigenvalue weighted by Gasteiger charge is -2.34. The molecule has 1 aliphatic rings. The monoisotopic (exact) mass is 390 g/mol. The van der Waals surface area contributed by atoms with Gasteiger partial charge in [-0.25, -0.2) is 8.42 Å². The number of nitrogens with one attached hydrogen (secondary N) is 1. The first-order chi connectivity index (χ1) is 9.82. The first kappa shape index (κ1) is 16.9. The lowest BCUT2D eigenvalue weighted by Crippen LogP contribution is -2.49. The molecule has 0 spiro atoms. The van der Waals surface area contributed by atoms with Crippen molar-refractivity contribution in [3.63, 3.8) is 0 Å². The normalized spacial score (nSPS) is 26.5. The zero-order valence-electron chi connectivity index (χ0n) is 12.1. The van der Waals surface area contributed by atoms with E-state index in [9.17, 15) is 13.7 Å². The summed E-state index contributed by atoms with van der Waals surface area (Å²) in [6, 6.07) is 3.82. The van der Waals surface area contributed by atoms with Crippen molar-refractivity contribution in [2.24, 2.45) is 5.92 Å². The molecule has 4 nitrogen and oxygen atoms in total. The zero-order chi connectivity index (χ0) is 15.7. The van der Waals surface area contributed by atoms with Gasteiger partial charge in [-0.05, 0) is 60.5 Å². The maximum Gasteiger partial charge on any atom is 0.243 e. The van der Waals surface area contributed by atoms with Crippen molar-refractivity contribution in [3.8, 4) is 6.07 Å². The summed E-state index contributed by atoms with van der Waals surface area (Å²) in [5, 5.41) is 9.50. The zero-order valence-corrected chi connectivity index (χ0v) is 15.4. The molecule has 1 N–H and O–H groups in total. The molecular formula is C14H19BrN2O2S2. The summed E-state index contributed by atoms with van der Waals surface area (Å²) in [5.41, 5.74) is -0.953. The maximum absolute atomic E-state index is 12.6. The molecule has 2 rings (SSSR count). The molecule has 0 radical (unpaired) electrons. The number of hydrogen-bond acceptors (Lipinski definition) is 4. The van der Waals surface area contributed by atoms with Crippen LogP contribution in [0.4, 0.5) is 0 Å². The lowest BCUT2D eigenvalue weighted by molar-refractivity contribution is 0.259. The summed E-state index contributed by atoms with van der Waals surface area (Å²) in [5.74, 6) is 0.605. The van der Waals surface area contributed by atoms with Crippen LogP contribution in [0.3, 0.4) is 0 Å². The third-order valence-corrected chi connectivity index (χ3v) is 7.56. The summed E-state index contributed by atoms with van der Waals surface area (Å²) in [4.78, 5) is 0.997. The van der Waals surface area contributed by atoms with Crippen molar-refractivity contribution in [3.05, 3.63) is 14.7 Å². The van der Waals surface area contributed by atoms with Crippen LogP contribution in [-0.2, 0) is 10.0 Å². The van der Waals surface area contributed by atoms with Crippen molar-refractivity contribution in [2.45, 2.75) is 56.4 Å². The lowest BCUT2D eigenvalue weighted by atomic mass is 9.77. The van der Waals surface area contributed by atoms with Crippen molar-refractivity contribution in [1.29, 1.82) is 5.26 Å². The summed E-state index contributed by atoms with van der Waals surface area (Å²) < 4.78 is 28.6. The fraction of sp³-hybridized carbons (Fsp3) is 0.643. The van der Waals surface area contributed by atoms with Gasteiger partial charge in [0.25, 0.3) is 0 Å². The van der Waals surface area contributed by atoms with Crippen LogP contribution in [0.5, 0.6) is 0 Å². The van der Waals surface area contributed by atoms with Gasteiger partial charge in [0.1, 0.15) is 5.54 Å². The molecule has 0 atom stereocenters. The molecule has 1 aromatic rings. The topological polar surface area (TPSA) is 70.0 Å². The first-order valence-corrected chi connectivity index (χ1v) is 10.1. The number of hydrogen-bond donors (Lipinski definition) is 1. The van der Waals surface area contributed by atoms with Gasteiger partial charge in [-0.15, -0.1) is 11.3 Å². The van der Waals surface area contributed by atoms with Crippen LogP contribution in [-0.4, -0.2) is 14.0 Å². The second-order valence-corrected chi connectivity index (χ2v) is 9.91. The molecule has 116 valence electrons. The average Bonchev–Trinajstić information content (AvgIpc) is 2.79. The summed E-state index contributed by atoms with van der Waals surface area (Å²) in [6.45, 7) is 3.91. The molecule has 0 aromatic carbocycles. The van der Waals surface area contributed by atoms with E-state index in [-0.39, 0.29) is 4.90 Å². The third-order valence-electron chi connectivity index (χ3n) is 4.21. The highest BCUT2D eigenvalue weighted by Crippen LogP contribution is 2.36. The number of halogens is 1. The van der Waals surface area contributed by atoms with Crippen LogP contribution < -0.4 is 4.72 Å². The fourth-order valence-electron chi connectivity index (χ4n) is 2.83. The summed E-state index contributed by atoms with van der Waals surface area (Å²) >= 11 is 4.69. The predicted molar refractivity (Wildman–Crippen MR) is 87.7 cm³/mol. The van der Waals surface area contributed by atoms with E-state index in [1.54, 1.807) is 13.0 Å². The van der Waals surface area contributed by atoms with Crippen LogP contribution in [0.1, 0.15) is 43.9 Å². The Hall–Kier alpha value is -0.420. The molecule has 1 saturated carbocycles. The Bertz CT molecular complexity index is 653. The standard InChI is InChI=1S/C14H19BrN2O2S2/c1-3-11-4-6-14(9-16,7-5-11)17-21(18,19)12-8-13(15)20-10(12)2/h8,11,17H,3-7H2,1-2H3. The molecule has 1 aromatic heterocycles. The predicted octanol–water partition coefficient (Wildman–Crippen LogP) is 3.96. The summed E-state index contributed by atoms with van der Waals surface area (Å²) in [7, 11) is -3.66. The number of nitrogens with zero attached hydrogens (tertiary/aromatic N) is 1. The minimum atomic E-state index is -3.66. The quantitative estimate of drug-likeness (QED) is 0.845. The first-order valence-electron chi connectivity index (χ1n) is 7.03. The highest BCUT2D eigenvalue weighted by molar-refractivity contribution is 9.11. The van der Waals surface area contributed by atoms with Gasteiger partial charge in [0, 0.05) is 4.88 Å². The molecule has 0 amide bonds. The number of rotatable bonds is 4. The average molecular weight is 391 g/mol. The molecule has 1 heterocycles. The molecule has 0 bridgehead atoms. The van der Waals surface area contributed by atoms with Gasteiger partial charge < -0.3 is 0 Å². The van der Waals surface area contributed by atoms with Crippen molar-refractivity contribution < 1.29 is 8.42 Å². The molecule has 7 heteroatoms. The van der Waals surface area contributed by atoms with E-state index in [1.165, 1.54) is 11.3 Å². The summed E-state index contributed by atoms with van der Waals surface area (Å²) in [6.07, 6.45) is 4.07. The van der Waals surface area contributed by atoms with E-state index in [4.69, 9.17) is 0 Å². The van der Waals surface area contributed by atoms with Gasteiger partial charge in [-0.3, -0.25) is 0 Å². The fourth-order valence-corrected chi connectivity index (χ4v) is 6.62. The molecule has 0 unspecified atom stereocenters. The second kappa shape index (κ2) is 6.37. The van der Waals surface area contributed by atoms with E-state index >= 15 is 0 Å². The van der Waals surface area contributed by atoms with Crippen molar-refractivity contribution in [1.82, 2.24) is 4.72 Å². The Morgan fingerprint density at radius 2 is 2.14 bits per heavy atom. The van der Waals surface area contributed by atoms with Gasteiger partial charge in [-0.1, -0.05) is 13.3 Å². The Kier molecular flexibility index (Phi) is 5.14. The Morgan fingerprint density at radius 1 is 1.52 bits per heavy atom. The van der Waals surface area contributed by atoms with Gasteiger partial charge in [0.05, 0.1) is 14.8 Å². The molecule has 1 fully saturated rings. The number of thiophene rings is 1. The van der Waals surface area contributed by atoms with Crippen LogP contribution in [0.2, 0.25) is 0 Å². The number of aryl methyl sites for hydroxylation is 1. The molecule has 21 heavy (non-hydrogen) atoms. The molecule has 0 saturated heterocycles.